The Morgan fingerprint density at radius 1 is 1.25 bits per heavy atom. The molecule has 0 spiro atoms. The van der Waals surface area contributed by atoms with Crippen LogP contribution in [0.5, 0.6) is 0 Å². The molecule has 2 rings (SSSR count). The molecule has 2 aromatic rings. The van der Waals surface area contributed by atoms with E-state index < -0.39 is 0 Å². The SMILES string of the molecule is CCCONc1nn(OCCC)c(=O)c2cn(C)nc12. The molecule has 0 fully saturated rings. The smallest absolute Gasteiger partial charge is 0.314 e. The van der Waals surface area contributed by atoms with Gasteiger partial charge in [0.1, 0.15) is 12.1 Å². The maximum Gasteiger partial charge on any atom is 0.314 e. The van der Waals surface area contributed by atoms with Gasteiger partial charge in [-0.05, 0) is 12.8 Å². The first-order valence-corrected chi connectivity index (χ1v) is 6.65. The summed E-state index contributed by atoms with van der Waals surface area (Å²) in [6.07, 6.45) is 3.29. The molecule has 2 heterocycles. The molecule has 0 aliphatic carbocycles. The summed E-state index contributed by atoms with van der Waals surface area (Å²) >= 11 is 0. The van der Waals surface area contributed by atoms with Crippen LogP contribution in [-0.2, 0) is 11.9 Å². The van der Waals surface area contributed by atoms with Crippen LogP contribution in [0.4, 0.5) is 5.82 Å². The lowest BCUT2D eigenvalue weighted by Gasteiger charge is -2.09. The second-order valence-electron chi connectivity index (χ2n) is 4.38. The van der Waals surface area contributed by atoms with Crippen LogP contribution < -0.4 is 15.9 Å². The fourth-order valence-electron chi connectivity index (χ4n) is 1.66. The highest BCUT2D eigenvalue weighted by Crippen LogP contribution is 2.15. The van der Waals surface area contributed by atoms with Gasteiger partial charge in [-0.25, -0.2) is 5.48 Å². The highest BCUT2D eigenvalue weighted by Gasteiger charge is 2.14. The molecule has 0 aromatic carbocycles. The van der Waals surface area contributed by atoms with E-state index in [1.807, 2.05) is 13.8 Å². The van der Waals surface area contributed by atoms with Crippen molar-refractivity contribution in [3.63, 3.8) is 0 Å². The molecule has 0 aliphatic heterocycles. The van der Waals surface area contributed by atoms with Crippen molar-refractivity contribution < 1.29 is 9.68 Å². The van der Waals surface area contributed by atoms with E-state index in [1.54, 1.807) is 17.9 Å². The largest absolute Gasteiger partial charge is 0.394 e. The van der Waals surface area contributed by atoms with Gasteiger partial charge in [0.15, 0.2) is 0 Å². The van der Waals surface area contributed by atoms with Crippen molar-refractivity contribution in [1.82, 2.24) is 19.7 Å². The van der Waals surface area contributed by atoms with Gasteiger partial charge in [0, 0.05) is 13.2 Å². The van der Waals surface area contributed by atoms with Gasteiger partial charge in [0.25, 0.3) is 0 Å². The maximum absolute atomic E-state index is 12.2. The van der Waals surface area contributed by atoms with Gasteiger partial charge >= 0.3 is 5.56 Å². The molecule has 0 unspecified atom stereocenters. The highest BCUT2D eigenvalue weighted by atomic mass is 16.7. The van der Waals surface area contributed by atoms with Gasteiger partial charge in [-0.1, -0.05) is 18.7 Å². The lowest BCUT2D eigenvalue weighted by molar-refractivity contribution is 0.0729. The van der Waals surface area contributed by atoms with Crippen LogP contribution >= 0.6 is 0 Å². The monoisotopic (exact) mass is 281 g/mol. The summed E-state index contributed by atoms with van der Waals surface area (Å²) in [5.41, 5.74) is 2.85. The molecule has 2 aromatic heterocycles. The molecule has 0 radical (unpaired) electrons. The number of nitrogens with one attached hydrogen (secondary N) is 1. The predicted molar refractivity (Wildman–Crippen MR) is 74.4 cm³/mol. The Bertz CT molecular complexity index is 634. The third-order valence-electron chi connectivity index (χ3n) is 2.54. The second-order valence-corrected chi connectivity index (χ2v) is 4.38. The van der Waals surface area contributed by atoms with E-state index in [9.17, 15) is 4.79 Å². The van der Waals surface area contributed by atoms with Crippen LogP contribution in [0, 0.1) is 0 Å². The van der Waals surface area contributed by atoms with Crippen molar-refractivity contribution in [2.24, 2.45) is 7.05 Å². The number of hydrogen-bond donors (Lipinski definition) is 1. The number of aryl methyl sites for hydroxylation is 1. The number of rotatable bonds is 7. The van der Waals surface area contributed by atoms with E-state index in [-0.39, 0.29) is 5.56 Å². The molecule has 8 nitrogen and oxygen atoms in total. The molecule has 0 bridgehead atoms. The Kier molecular flexibility index (Phi) is 4.57. The summed E-state index contributed by atoms with van der Waals surface area (Å²) in [6.45, 7) is 4.90. The lowest BCUT2D eigenvalue weighted by Crippen LogP contribution is -2.30. The average Bonchev–Trinajstić information content (AvgIpc) is 2.82. The molecule has 0 amide bonds. The van der Waals surface area contributed by atoms with Gasteiger partial charge in [-0.2, -0.15) is 5.10 Å². The summed E-state index contributed by atoms with van der Waals surface area (Å²) in [6, 6.07) is 0. The summed E-state index contributed by atoms with van der Waals surface area (Å²) < 4.78 is 1.56. The lowest BCUT2D eigenvalue weighted by atomic mass is 10.3. The Morgan fingerprint density at radius 3 is 2.70 bits per heavy atom. The standard InChI is InChI=1S/C12H19N5O3/c1-4-6-19-15-11-10-9(8-16(3)13-10)12(18)17(14-11)20-7-5-2/h8H,4-7H2,1-3H3,(H,14,15). The fraction of sp³-hybridized carbons (Fsp3) is 0.583. The average molecular weight is 281 g/mol. The topological polar surface area (TPSA) is 83.2 Å². The van der Waals surface area contributed by atoms with Crippen molar-refractivity contribution in [3.05, 3.63) is 16.6 Å². The van der Waals surface area contributed by atoms with Crippen LogP contribution in [-0.4, -0.2) is 32.9 Å². The van der Waals surface area contributed by atoms with Crippen molar-refractivity contribution in [3.8, 4) is 0 Å². The molecular weight excluding hydrogens is 262 g/mol. The van der Waals surface area contributed by atoms with Gasteiger partial charge in [0.2, 0.25) is 5.82 Å². The number of aromatic nitrogens is 4. The first-order chi connectivity index (χ1) is 9.67. The van der Waals surface area contributed by atoms with Gasteiger partial charge in [-0.3, -0.25) is 14.3 Å². The summed E-state index contributed by atoms with van der Waals surface area (Å²) in [5.74, 6) is 0.366. The van der Waals surface area contributed by atoms with Crippen LogP contribution in [0.2, 0.25) is 0 Å². The molecule has 110 valence electrons. The van der Waals surface area contributed by atoms with E-state index in [2.05, 4.69) is 15.7 Å². The maximum atomic E-state index is 12.2. The summed E-state index contributed by atoms with van der Waals surface area (Å²) in [4.78, 5) is 23.7. The molecular formula is C12H19N5O3. The Morgan fingerprint density at radius 2 is 2.00 bits per heavy atom. The normalized spacial score (nSPS) is 10.9. The molecule has 0 saturated carbocycles. The minimum atomic E-state index is -0.331. The molecule has 1 N–H and O–H groups in total. The van der Waals surface area contributed by atoms with Crippen LogP contribution in [0.25, 0.3) is 10.9 Å². The van der Waals surface area contributed by atoms with Crippen molar-refractivity contribution in [2.75, 3.05) is 18.7 Å². The minimum Gasteiger partial charge on any atom is -0.394 e. The minimum absolute atomic E-state index is 0.331. The number of anilines is 1. The summed E-state index contributed by atoms with van der Waals surface area (Å²) in [5, 5.41) is 8.74. The first kappa shape index (κ1) is 14.3. The first-order valence-electron chi connectivity index (χ1n) is 6.65. The molecule has 0 aliphatic rings. The van der Waals surface area contributed by atoms with Crippen LogP contribution in [0.15, 0.2) is 11.0 Å². The predicted octanol–water partition coefficient (Wildman–Crippen LogP) is 0.722. The Labute approximate surface area is 116 Å². The van der Waals surface area contributed by atoms with E-state index in [1.165, 1.54) is 0 Å². The van der Waals surface area contributed by atoms with Gasteiger partial charge in [-0.15, -0.1) is 5.10 Å². The van der Waals surface area contributed by atoms with Crippen LogP contribution in [0.3, 0.4) is 0 Å². The van der Waals surface area contributed by atoms with Gasteiger partial charge in [0.05, 0.1) is 12.0 Å². The molecule has 0 atom stereocenters. The van der Waals surface area contributed by atoms with Crippen molar-refractivity contribution in [2.45, 2.75) is 26.7 Å². The zero-order chi connectivity index (χ0) is 14.5. The van der Waals surface area contributed by atoms with E-state index in [0.717, 1.165) is 17.7 Å². The molecule has 20 heavy (non-hydrogen) atoms. The quantitative estimate of drug-likeness (QED) is 0.595. The number of fused-ring (bicyclic) bond motifs is 1. The van der Waals surface area contributed by atoms with Crippen LogP contribution in [0.1, 0.15) is 26.7 Å². The van der Waals surface area contributed by atoms with Crippen molar-refractivity contribution in [1.29, 1.82) is 0 Å². The zero-order valence-corrected chi connectivity index (χ0v) is 11.9. The Hall–Kier alpha value is -2.09. The zero-order valence-electron chi connectivity index (χ0n) is 11.9. The van der Waals surface area contributed by atoms with E-state index in [0.29, 0.717) is 29.9 Å². The summed E-state index contributed by atoms with van der Waals surface area (Å²) in [7, 11) is 1.74. The second kappa shape index (κ2) is 6.38. The van der Waals surface area contributed by atoms with Gasteiger partial charge < -0.3 is 4.84 Å². The molecule has 0 saturated heterocycles. The van der Waals surface area contributed by atoms with E-state index in [4.69, 9.17) is 9.68 Å². The van der Waals surface area contributed by atoms with Crippen molar-refractivity contribution >= 4 is 16.7 Å². The third kappa shape index (κ3) is 2.90. The third-order valence-corrected chi connectivity index (χ3v) is 2.54. The fourth-order valence-corrected chi connectivity index (χ4v) is 1.66. The number of hydrogen-bond acceptors (Lipinski definition) is 6. The Balaban J connectivity index is 2.42. The number of nitrogens with zero attached hydrogens (tertiary/aromatic N) is 4. The highest BCUT2D eigenvalue weighted by molar-refractivity contribution is 5.86. The molecule has 8 heteroatoms. The van der Waals surface area contributed by atoms with E-state index >= 15 is 0 Å².